The summed E-state index contributed by atoms with van der Waals surface area (Å²) >= 11 is 1.64. The van der Waals surface area contributed by atoms with Gasteiger partial charge in [-0.2, -0.15) is 16.9 Å². The highest BCUT2D eigenvalue weighted by molar-refractivity contribution is 7.98. The van der Waals surface area contributed by atoms with Crippen molar-refractivity contribution in [2.45, 2.75) is 26.0 Å². The average Bonchev–Trinajstić information content (AvgIpc) is 2.53. The zero-order valence-electron chi connectivity index (χ0n) is 11.8. The monoisotopic (exact) mass is 273 g/mol. The van der Waals surface area contributed by atoms with E-state index >= 15 is 0 Å². The lowest BCUT2D eigenvalue weighted by atomic mass is 10.1. The molecule has 1 atom stereocenters. The topological polar surface area (TPSA) is 59.3 Å². The van der Waals surface area contributed by atoms with Crippen LogP contribution in [0.25, 0.3) is 0 Å². The number of nitrogens with zero attached hydrogens (tertiary/aromatic N) is 2. The molecule has 1 aromatic rings. The van der Waals surface area contributed by atoms with Gasteiger partial charge < -0.3 is 15.2 Å². The van der Waals surface area contributed by atoms with Crippen molar-refractivity contribution in [3.63, 3.8) is 0 Å². The molecular formula is C12H23N3O2S. The van der Waals surface area contributed by atoms with Crippen LogP contribution in [0.4, 0.5) is 0 Å². The summed E-state index contributed by atoms with van der Waals surface area (Å²) in [6, 6.07) is 0. The molecule has 0 amide bonds. The number of hydrogen-bond donors (Lipinski definition) is 2. The Balaban J connectivity index is 2.59. The number of aliphatic hydroxyl groups is 1. The quantitative estimate of drug-likeness (QED) is 0.774. The van der Waals surface area contributed by atoms with E-state index < -0.39 is 5.60 Å². The Morgan fingerprint density at radius 3 is 2.78 bits per heavy atom. The highest BCUT2D eigenvalue weighted by Crippen LogP contribution is 2.20. The number of thioether (sulfide) groups is 1. The van der Waals surface area contributed by atoms with Gasteiger partial charge in [-0.1, -0.05) is 0 Å². The summed E-state index contributed by atoms with van der Waals surface area (Å²) in [7, 11) is 3.50. The normalized spacial score (nSPS) is 14.6. The van der Waals surface area contributed by atoms with Crippen molar-refractivity contribution < 1.29 is 9.84 Å². The predicted octanol–water partition coefficient (Wildman–Crippen LogP) is 0.941. The first-order valence-corrected chi connectivity index (χ1v) is 7.29. The summed E-state index contributed by atoms with van der Waals surface area (Å²) < 4.78 is 7.05. The minimum Gasteiger partial charge on any atom is -0.481 e. The maximum Gasteiger partial charge on any atom is 0.216 e. The molecule has 0 aliphatic rings. The van der Waals surface area contributed by atoms with Crippen LogP contribution >= 0.6 is 11.8 Å². The molecule has 0 spiro atoms. The van der Waals surface area contributed by atoms with E-state index in [0.29, 0.717) is 18.8 Å². The number of methoxy groups -OCH3 is 1. The fraction of sp³-hybridized carbons (Fsp3) is 0.750. The van der Waals surface area contributed by atoms with Gasteiger partial charge in [0.2, 0.25) is 5.88 Å². The third-order valence-corrected chi connectivity index (χ3v) is 3.66. The summed E-state index contributed by atoms with van der Waals surface area (Å²) in [6.07, 6.45) is 1.99. The molecule has 18 heavy (non-hydrogen) atoms. The van der Waals surface area contributed by atoms with Crippen molar-refractivity contribution in [1.29, 1.82) is 0 Å². The van der Waals surface area contributed by atoms with Crippen LogP contribution in [0.2, 0.25) is 0 Å². The zero-order chi connectivity index (χ0) is 13.8. The minimum absolute atomic E-state index is 0.547. The van der Waals surface area contributed by atoms with Gasteiger partial charge in [0.25, 0.3) is 0 Å². The van der Waals surface area contributed by atoms with Gasteiger partial charge in [0, 0.05) is 25.9 Å². The maximum atomic E-state index is 10.1. The number of rotatable bonds is 7. The second-order valence-electron chi connectivity index (χ2n) is 4.73. The molecular weight excluding hydrogens is 250 g/mol. The highest BCUT2D eigenvalue weighted by atomic mass is 32.2. The van der Waals surface area contributed by atoms with Crippen LogP contribution in [0.15, 0.2) is 0 Å². The Hall–Kier alpha value is -0.720. The van der Waals surface area contributed by atoms with Gasteiger partial charge in [0.05, 0.1) is 24.0 Å². The summed E-state index contributed by atoms with van der Waals surface area (Å²) in [5, 5.41) is 17.6. The molecule has 1 heterocycles. The van der Waals surface area contributed by atoms with Crippen molar-refractivity contribution in [2.24, 2.45) is 7.05 Å². The van der Waals surface area contributed by atoms with Crippen LogP contribution < -0.4 is 10.1 Å². The molecule has 5 nitrogen and oxygen atoms in total. The van der Waals surface area contributed by atoms with E-state index in [1.54, 1.807) is 23.6 Å². The molecule has 0 bridgehead atoms. The molecule has 0 saturated heterocycles. The summed E-state index contributed by atoms with van der Waals surface area (Å²) in [6.45, 7) is 4.99. The van der Waals surface area contributed by atoms with Crippen LogP contribution in [-0.4, -0.2) is 46.2 Å². The molecule has 6 heteroatoms. The van der Waals surface area contributed by atoms with Crippen LogP contribution in [0.1, 0.15) is 18.2 Å². The van der Waals surface area contributed by atoms with Gasteiger partial charge in [0.15, 0.2) is 0 Å². The van der Waals surface area contributed by atoms with Crippen molar-refractivity contribution in [3.05, 3.63) is 11.3 Å². The van der Waals surface area contributed by atoms with Crippen LogP contribution in [-0.2, 0) is 13.6 Å². The number of hydrogen-bond acceptors (Lipinski definition) is 5. The molecule has 0 radical (unpaired) electrons. The van der Waals surface area contributed by atoms with Crippen molar-refractivity contribution >= 4 is 11.8 Å². The largest absolute Gasteiger partial charge is 0.481 e. The van der Waals surface area contributed by atoms with Crippen LogP contribution in [0.3, 0.4) is 0 Å². The lowest BCUT2D eigenvalue weighted by Gasteiger charge is -2.22. The first-order valence-electron chi connectivity index (χ1n) is 5.90. The van der Waals surface area contributed by atoms with Gasteiger partial charge in [-0.05, 0) is 20.1 Å². The Morgan fingerprint density at radius 1 is 1.56 bits per heavy atom. The molecule has 1 aromatic heterocycles. The van der Waals surface area contributed by atoms with Gasteiger partial charge in [-0.25, -0.2) is 4.68 Å². The van der Waals surface area contributed by atoms with Crippen LogP contribution in [0.5, 0.6) is 5.88 Å². The summed E-state index contributed by atoms with van der Waals surface area (Å²) in [5.41, 5.74) is 1.30. The number of aryl methyl sites for hydroxylation is 2. The second kappa shape index (κ2) is 6.45. The van der Waals surface area contributed by atoms with E-state index in [9.17, 15) is 5.11 Å². The zero-order valence-corrected chi connectivity index (χ0v) is 12.6. The number of ether oxygens (including phenoxy) is 1. The summed E-state index contributed by atoms with van der Waals surface area (Å²) in [4.78, 5) is 0. The van der Waals surface area contributed by atoms with E-state index in [4.69, 9.17) is 4.74 Å². The third kappa shape index (κ3) is 3.90. The van der Waals surface area contributed by atoms with Gasteiger partial charge in [-0.15, -0.1) is 0 Å². The van der Waals surface area contributed by atoms with E-state index in [1.165, 1.54) is 0 Å². The Kier molecular flexibility index (Phi) is 5.49. The first kappa shape index (κ1) is 15.3. The lowest BCUT2D eigenvalue weighted by molar-refractivity contribution is 0.0845. The van der Waals surface area contributed by atoms with E-state index in [2.05, 4.69) is 10.4 Å². The van der Waals surface area contributed by atoms with Crippen molar-refractivity contribution in [1.82, 2.24) is 15.1 Å². The molecule has 0 saturated carbocycles. The maximum absolute atomic E-state index is 10.1. The van der Waals surface area contributed by atoms with Gasteiger partial charge >= 0.3 is 0 Å². The smallest absolute Gasteiger partial charge is 0.216 e. The predicted molar refractivity (Wildman–Crippen MR) is 75.2 cm³/mol. The third-order valence-electron chi connectivity index (χ3n) is 2.75. The summed E-state index contributed by atoms with van der Waals surface area (Å²) in [5.74, 6) is 1.48. The second-order valence-corrected chi connectivity index (χ2v) is 5.60. The molecule has 2 N–H and O–H groups in total. The molecule has 0 fully saturated rings. The lowest BCUT2D eigenvalue weighted by Crippen LogP contribution is -2.39. The van der Waals surface area contributed by atoms with Crippen molar-refractivity contribution in [2.75, 3.05) is 25.7 Å². The molecule has 0 aliphatic heterocycles. The number of nitrogens with one attached hydrogen (secondary N) is 1. The minimum atomic E-state index is -0.692. The average molecular weight is 273 g/mol. The molecule has 1 rings (SSSR count). The van der Waals surface area contributed by atoms with Crippen LogP contribution in [0, 0.1) is 6.92 Å². The Morgan fingerprint density at radius 2 is 2.22 bits per heavy atom. The Labute approximate surface area is 113 Å². The first-order chi connectivity index (χ1) is 8.41. The molecule has 0 aromatic carbocycles. The molecule has 104 valence electrons. The fourth-order valence-electron chi connectivity index (χ4n) is 1.96. The van der Waals surface area contributed by atoms with Gasteiger partial charge in [-0.3, -0.25) is 0 Å². The van der Waals surface area contributed by atoms with E-state index in [0.717, 1.165) is 17.1 Å². The molecule has 1 unspecified atom stereocenters. The van der Waals surface area contributed by atoms with E-state index in [-0.39, 0.29) is 0 Å². The number of aromatic nitrogens is 2. The fourth-order valence-corrected chi connectivity index (χ4v) is 2.68. The highest BCUT2D eigenvalue weighted by Gasteiger charge is 2.20. The van der Waals surface area contributed by atoms with Crippen molar-refractivity contribution in [3.8, 4) is 5.88 Å². The molecule has 0 aliphatic carbocycles. The van der Waals surface area contributed by atoms with Gasteiger partial charge in [0.1, 0.15) is 0 Å². The van der Waals surface area contributed by atoms with E-state index in [1.807, 2.05) is 27.2 Å². The SMILES string of the molecule is COc1c(CNCC(C)(O)CSC)c(C)nn1C. The standard InChI is InChI=1S/C12H23N3O2S/c1-9-10(11(17-4)15(3)14-9)6-13-7-12(2,16)8-18-5/h13,16H,6-8H2,1-5H3. The Bertz CT molecular complexity index is 391.